The van der Waals surface area contributed by atoms with Crippen LogP contribution in [-0.4, -0.2) is 10.0 Å². The molecule has 0 spiro atoms. The molecule has 0 saturated carbocycles. The molecule has 1 aromatic heterocycles. The van der Waals surface area contributed by atoms with Gasteiger partial charge in [0.2, 0.25) is 0 Å². The van der Waals surface area contributed by atoms with Crippen LogP contribution in [0.3, 0.4) is 0 Å². The molecule has 11 heavy (non-hydrogen) atoms. The average molecular weight is 218 g/mol. The Morgan fingerprint density at radius 2 is 2.45 bits per heavy atom. The minimum Gasteiger partial charge on any atom is -0.249 e. The second kappa shape index (κ2) is 3.29. The molecule has 1 heterocycles. The van der Waals surface area contributed by atoms with Crippen molar-refractivity contribution in [3.05, 3.63) is 33.0 Å². The van der Waals surface area contributed by atoms with Crippen molar-refractivity contribution < 1.29 is 5.03 Å². The zero-order valence-corrected chi connectivity index (χ0v) is 6.91. The summed E-state index contributed by atoms with van der Waals surface area (Å²) < 4.78 is 0.560. The fraction of sp³-hybridized carbons (Fsp3) is 0. The number of hydrogen-bond donors (Lipinski definition) is 1. The van der Waals surface area contributed by atoms with E-state index in [1.165, 1.54) is 18.3 Å². The summed E-state index contributed by atoms with van der Waals surface area (Å²) in [4.78, 5) is 13.7. The van der Waals surface area contributed by atoms with Gasteiger partial charge in [-0.15, -0.1) is 5.43 Å². The molecule has 1 rings (SSSR count). The smallest absolute Gasteiger partial charge is 0.162 e. The quantitative estimate of drug-likeness (QED) is 0.463. The van der Waals surface area contributed by atoms with Gasteiger partial charge in [-0.3, -0.25) is 0 Å². The van der Waals surface area contributed by atoms with Crippen molar-refractivity contribution in [1.29, 1.82) is 0 Å². The first-order valence-electron chi connectivity index (χ1n) is 2.71. The van der Waals surface area contributed by atoms with Gasteiger partial charge in [0.05, 0.1) is 0 Å². The first-order chi connectivity index (χ1) is 5.18. The van der Waals surface area contributed by atoms with Crippen LogP contribution < -0.4 is 5.43 Å². The van der Waals surface area contributed by atoms with Crippen molar-refractivity contribution in [2.45, 2.75) is 0 Å². The molecular weight excluding hydrogens is 214 g/mol. The van der Waals surface area contributed by atoms with Crippen molar-refractivity contribution in [1.82, 2.24) is 4.98 Å². The van der Waals surface area contributed by atoms with Gasteiger partial charge in [0, 0.05) is 12.3 Å². The number of nitrogens with zero attached hydrogens (tertiary/aromatic N) is 2. The lowest BCUT2D eigenvalue weighted by Crippen LogP contribution is -2.07. The van der Waals surface area contributed by atoms with Crippen LogP contribution in [-0.2, 0) is 0 Å². The van der Waals surface area contributed by atoms with E-state index in [-0.39, 0.29) is 0 Å². The van der Waals surface area contributed by atoms with Gasteiger partial charge in [0.1, 0.15) is 10.3 Å². The van der Waals surface area contributed by atoms with E-state index in [1.54, 1.807) is 0 Å². The molecule has 0 bridgehead atoms. The first-order valence-corrected chi connectivity index (χ1v) is 3.50. The van der Waals surface area contributed by atoms with Gasteiger partial charge < -0.3 is 0 Å². The highest BCUT2D eigenvalue weighted by Gasteiger charge is 1.98. The molecule has 6 heteroatoms. The highest BCUT2D eigenvalue weighted by atomic mass is 79.9. The maximum atomic E-state index is 9.94. The first kappa shape index (κ1) is 7.93. The van der Waals surface area contributed by atoms with Crippen LogP contribution in [0.1, 0.15) is 0 Å². The number of anilines is 1. The maximum Gasteiger partial charge on any atom is 0.162 e. The predicted octanol–water partition coefficient (Wildman–Crippen LogP) is 1.45. The lowest BCUT2D eigenvalue weighted by atomic mass is 10.4. The zero-order chi connectivity index (χ0) is 8.27. The van der Waals surface area contributed by atoms with Crippen LogP contribution in [0.4, 0.5) is 5.69 Å². The van der Waals surface area contributed by atoms with Gasteiger partial charge >= 0.3 is 0 Å². The van der Waals surface area contributed by atoms with E-state index < -0.39 is 5.03 Å². The molecule has 1 N–H and O–H groups in total. The van der Waals surface area contributed by atoms with Crippen LogP contribution in [0.15, 0.2) is 22.9 Å². The summed E-state index contributed by atoms with van der Waals surface area (Å²) in [7, 11) is 0. The third-order valence-electron chi connectivity index (χ3n) is 0.947. The molecule has 0 atom stereocenters. The highest BCUT2D eigenvalue weighted by Crippen LogP contribution is 2.11. The summed E-state index contributed by atoms with van der Waals surface area (Å²) in [5, 5.41) is 9.32. The molecule has 0 aliphatic rings. The van der Waals surface area contributed by atoms with E-state index in [2.05, 4.69) is 20.9 Å². The van der Waals surface area contributed by atoms with E-state index in [0.29, 0.717) is 10.3 Å². The van der Waals surface area contributed by atoms with Crippen LogP contribution in [0.2, 0.25) is 0 Å². The Kier molecular flexibility index (Phi) is 2.37. The number of hydrogen-bond acceptors (Lipinski definition) is 3. The van der Waals surface area contributed by atoms with E-state index in [1.807, 2.05) is 5.43 Å². The number of rotatable bonds is 2. The van der Waals surface area contributed by atoms with Gasteiger partial charge in [-0.1, -0.05) is 0 Å². The monoisotopic (exact) mass is 217 g/mol. The minimum absolute atomic E-state index is 0.400. The normalized spacial score (nSPS) is 9.18. The number of halogens is 1. The summed E-state index contributed by atoms with van der Waals surface area (Å²) in [6.07, 6.45) is 1.47. The Morgan fingerprint density at radius 3 is 3.00 bits per heavy atom. The zero-order valence-electron chi connectivity index (χ0n) is 5.32. The summed E-state index contributed by atoms with van der Waals surface area (Å²) >= 11 is 3.08. The minimum atomic E-state index is -0.623. The Balaban J connectivity index is 2.79. The van der Waals surface area contributed by atoms with Crippen LogP contribution >= 0.6 is 15.9 Å². The SMILES string of the molecule is O=[N+]([O-])Nc1ccnc(Br)c1. The molecule has 0 saturated heterocycles. The molecule has 58 valence electrons. The molecule has 0 aromatic carbocycles. The third-order valence-corrected chi connectivity index (χ3v) is 1.38. The lowest BCUT2D eigenvalue weighted by Gasteiger charge is -1.95. The summed E-state index contributed by atoms with van der Waals surface area (Å²) in [5.74, 6) is 0. The van der Waals surface area contributed by atoms with E-state index in [9.17, 15) is 10.1 Å². The molecule has 0 fully saturated rings. The number of nitrogens with one attached hydrogen (secondary N) is 1. The van der Waals surface area contributed by atoms with Crippen LogP contribution in [0, 0.1) is 10.1 Å². The number of hydrazine groups is 1. The van der Waals surface area contributed by atoms with Crippen molar-refractivity contribution in [3.63, 3.8) is 0 Å². The summed E-state index contributed by atoms with van der Waals surface area (Å²) in [6.45, 7) is 0. The van der Waals surface area contributed by atoms with Crippen molar-refractivity contribution in [3.8, 4) is 0 Å². The highest BCUT2D eigenvalue weighted by molar-refractivity contribution is 9.10. The van der Waals surface area contributed by atoms with Crippen molar-refractivity contribution >= 4 is 21.6 Å². The van der Waals surface area contributed by atoms with Gasteiger partial charge in [-0.25, -0.2) is 15.1 Å². The Hall–Kier alpha value is -1.17. The topological polar surface area (TPSA) is 68.1 Å². The van der Waals surface area contributed by atoms with Gasteiger partial charge in [-0.05, 0) is 22.0 Å². The molecule has 0 unspecified atom stereocenters. The van der Waals surface area contributed by atoms with Crippen LogP contribution in [0.5, 0.6) is 0 Å². The van der Waals surface area contributed by atoms with E-state index in [4.69, 9.17) is 0 Å². The molecule has 1 aromatic rings. The average Bonchev–Trinajstić information content (AvgIpc) is 1.85. The maximum absolute atomic E-state index is 9.94. The molecule has 0 radical (unpaired) electrons. The Labute approximate surface area is 70.7 Å². The molecule has 5 nitrogen and oxygen atoms in total. The number of nitro groups is 1. The van der Waals surface area contributed by atoms with Gasteiger partial charge in [0.15, 0.2) is 5.03 Å². The third kappa shape index (κ3) is 2.50. The molecule has 0 aliphatic carbocycles. The second-order valence-corrected chi connectivity index (χ2v) is 2.55. The largest absolute Gasteiger partial charge is 0.249 e. The number of pyridine rings is 1. The van der Waals surface area contributed by atoms with Crippen LogP contribution in [0.25, 0.3) is 0 Å². The predicted molar refractivity (Wildman–Crippen MR) is 42.6 cm³/mol. The summed E-state index contributed by atoms with van der Waals surface area (Å²) in [6, 6.07) is 3.02. The van der Waals surface area contributed by atoms with E-state index in [0.717, 1.165) is 0 Å². The van der Waals surface area contributed by atoms with Gasteiger partial charge in [-0.2, -0.15) is 0 Å². The van der Waals surface area contributed by atoms with Crippen molar-refractivity contribution in [2.75, 3.05) is 5.43 Å². The standard InChI is InChI=1S/C5H4BrN3O2/c6-5-3-4(1-2-7-5)8-9(10)11/h1-3H,(H,7,8). The van der Waals surface area contributed by atoms with Gasteiger partial charge in [0.25, 0.3) is 0 Å². The second-order valence-electron chi connectivity index (χ2n) is 1.74. The van der Waals surface area contributed by atoms with E-state index >= 15 is 0 Å². The lowest BCUT2D eigenvalue weighted by molar-refractivity contribution is -0.445. The number of aromatic nitrogens is 1. The fourth-order valence-electron chi connectivity index (χ4n) is 0.577. The fourth-order valence-corrected chi connectivity index (χ4v) is 0.942. The van der Waals surface area contributed by atoms with Crippen molar-refractivity contribution in [2.24, 2.45) is 0 Å². The molecule has 0 amide bonds. The summed E-state index contributed by atoms with van der Waals surface area (Å²) in [5.41, 5.74) is 2.40. The molecular formula is C5H4BrN3O2. The molecule has 0 aliphatic heterocycles. The Bertz CT molecular complexity index is 278. The Morgan fingerprint density at radius 1 is 1.73 bits per heavy atom.